The minimum atomic E-state index is -0.446. The molecule has 0 radical (unpaired) electrons. The van der Waals surface area contributed by atoms with Crippen molar-refractivity contribution in [3.63, 3.8) is 0 Å². The Morgan fingerprint density at radius 2 is 1.58 bits per heavy atom. The smallest absolute Gasteiger partial charge is 0.267 e. The molecule has 0 spiro atoms. The summed E-state index contributed by atoms with van der Waals surface area (Å²) in [5.74, 6) is 0.968. The van der Waals surface area contributed by atoms with E-state index in [4.69, 9.17) is 31.2 Å². The number of hydrogen-bond acceptors (Lipinski definition) is 9. The fourth-order valence-electron chi connectivity index (χ4n) is 4.91. The van der Waals surface area contributed by atoms with Gasteiger partial charge in [0.15, 0.2) is 11.5 Å². The van der Waals surface area contributed by atoms with Crippen LogP contribution in [0.5, 0.6) is 23.0 Å². The lowest BCUT2D eigenvalue weighted by Crippen LogP contribution is -2.35. The Morgan fingerprint density at radius 3 is 2.30 bits per heavy atom. The Hall–Kier alpha value is -4.55. The first-order valence-electron chi connectivity index (χ1n) is 13.2. The molecule has 3 aromatic rings. The van der Waals surface area contributed by atoms with E-state index in [9.17, 15) is 14.4 Å². The van der Waals surface area contributed by atoms with Crippen molar-refractivity contribution in [3.8, 4) is 23.0 Å². The van der Waals surface area contributed by atoms with Crippen LogP contribution in [0.3, 0.4) is 0 Å². The van der Waals surface area contributed by atoms with Gasteiger partial charge in [0.05, 0.1) is 50.3 Å². The Bertz CT molecular complexity index is 1660. The van der Waals surface area contributed by atoms with Crippen LogP contribution in [0.25, 0.3) is 5.57 Å². The van der Waals surface area contributed by atoms with E-state index in [1.807, 2.05) is 18.2 Å². The number of thioether (sulfide) groups is 1. The van der Waals surface area contributed by atoms with Gasteiger partial charge in [-0.05, 0) is 42.3 Å². The van der Waals surface area contributed by atoms with Gasteiger partial charge in [-0.25, -0.2) is 0 Å². The molecule has 222 valence electrons. The Kier molecular flexibility index (Phi) is 8.88. The molecular formula is C31H29N3O7S2. The summed E-state index contributed by atoms with van der Waals surface area (Å²) >= 11 is 6.66. The number of fused-ring (bicyclic) bond motifs is 1. The minimum Gasteiger partial charge on any atom is -0.497 e. The molecule has 0 atom stereocenters. The average Bonchev–Trinajstić information content (AvgIpc) is 3.46. The third-order valence-corrected chi connectivity index (χ3v) is 8.50. The molecule has 12 heteroatoms. The summed E-state index contributed by atoms with van der Waals surface area (Å²) < 4.78 is 21.6. The monoisotopic (exact) mass is 619 g/mol. The molecule has 5 rings (SSSR count). The molecule has 0 unspecified atom stereocenters. The van der Waals surface area contributed by atoms with E-state index in [1.165, 1.54) is 24.0 Å². The zero-order chi connectivity index (χ0) is 30.7. The average molecular weight is 620 g/mol. The summed E-state index contributed by atoms with van der Waals surface area (Å²) in [4.78, 5) is 43.7. The zero-order valence-corrected chi connectivity index (χ0v) is 25.6. The van der Waals surface area contributed by atoms with E-state index in [-0.39, 0.29) is 22.9 Å². The molecule has 1 saturated heterocycles. The molecule has 3 aromatic carbocycles. The second-order valence-electron chi connectivity index (χ2n) is 9.49. The van der Waals surface area contributed by atoms with E-state index in [1.54, 1.807) is 56.7 Å². The van der Waals surface area contributed by atoms with Crippen molar-refractivity contribution in [2.45, 2.75) is 6.42 Å². The van der Waals surface area contributed by atoms with Crippen LogP contribution in [-0.2, 0) is 20.8 Å². The predicted molar refractivity (Wildman–Crippen MR) is 169 cm³/mol. The molecule has 2 aliphatic heterocycles. The number of nitrogens with one attached hydrogen (secondary N) is 1. The summed E-state index contributed by atoms with van der Waals surface area (Å²) in [7, 11) is 6.16. The normalized spacial score (nSPS) is 16.0. The molecule has 43 heavy (non-hydrogen) atoms. The topological polar surface area (TPSA) is 107 Å². The first-order valence-corrected chi connectivity index (χ1v) is 14.4. The van der Waals surface area contributed by atoms with Crippen molar-refractivity contribution in [2.24, 2.45) is 0 Å². The quantitative estimate of drug-likeness (QED) is 0.259. The van der Waals surface area contributed by atoms with Gasteiger partial charge >= 0.3 is 0 Å². The standard InChI is InChI=1S/C31H29N3O7S2/c1-38-19-10-11-21(24(16-19)40-3)32-26(35)17-34-22-8-6-5-7-20(22)27(29(34)36)28-30(37)33(31(42)43-28)14-13-18-9-12-23(39-2)25(15-18)41-4/h5-12,15-16H,13-14,17H2,1-4H3,(H,32,35)/b28-27-. The van der Waals surface area contributed by atoms with E-state index >= 15 is 0 Å². The van der Waals surface area contributed by atoms with Crippen LogP contribution in [0, 0.1) is 0 Å². The molecule has 0 aromatic heterocycles. The van der Waals surface area contributed by atoms with Crippen LogP contribution in [0.15, 0.2) is 65.6 Å². The lowest BCUT2D eigenvalue weighted by atomic mass is 10.1. The molecule has 0 bridgehead atoms. The number of ether oxygens (including phenoxy) is 4. The molecular weight excluding hydrogens is 590 g/mol. The van der Waals surface area contributed by atoms with Gasteiger partial charge in [-0.2, -0.15) is 0 Å². The first-order chi connectivity index (χ1) is 20.8. The zero-order valence-electron chi connectivity index (χ0n) is 24.0. The number of benzene rings is 3. The largest absolute Gasteiger partial charge is 0.497 e. The van der Waals surface area contributed by atoms with Gasteiger partial charge in [-0.1, -0.05) is 48.2 Å². The maximum Gasteiger partial charge on any atom is 0.267 e. The van der Waals surface area contributed by atoms with Gasteiger partial charge in [-0.3, -0.25) is 24.2 Å². The first kappa shape index (κ1) is 29.9. The van der Waals surface area contributed by atoms with Gasteiger partial charge in [0.25, 0.3) is 11.8 Å². The van der Waals surface area contributed by atoms with Crippen LogP contribution in [-0.4, -0.2) is 68.5 Å². The summed E-state index contributed by atoms with van der Waals surface area (Å²) in [6, 6.07) is 17.7. The van der Waals surface area contributed by atoms with Crippen molar-refractivity contribution < 1.29 is 33.3 Å². The van der Waals surface area contributed by atoms with Gasteiger partial charge in [0.2, 0.25) is 5.91 Å². The fraction of sp³-hybridized carbons (Fsp3) is 0.226. The lowest BCUT2D eigenvalue weighted by molar-refractivity contribution is -0.122. The van der Waals surface area contributed by atoms with Crippen molar-refractivity contribution in [2.75, 3.05) is 51.7 Å². The van der Waals surface area contributed by atoms with Gasteiger partial charge < -0.3 is 24.3 Å². The van der Waals surface area contributed by atoms with Crippen LogP contribution in [0.2, 0.25) is 0 Å². The van der Waals surface area contributed by atoms with Gasteiger partial charge in [-0.15, -0.1) is 0 Å². The van der Waals surface area contributed by atoms with Gasteiger partial charge in [0, 0.05) is 18.2 Å². The van der Waals surface area contributed by atoms with E-state index in [0.29, 0.717) is 57.2 Å². The van der Waals surface area contributed by atoms with E-state index in [0.717, 1.165) is 17.3 Å². The maximum atomic E-state index is 13.8. The van der Waals surface area contributed by atoms with Crippen molar-refractivity contribution >= 4 is 63.0 Å². The Labute approximate surface area is 258 Å². The molecule has 1 fully saturated rings. The number of nitrogens with zero attached hydrogens (tertiary/aromatic N) is 2. The lowest BCUT2D eigenvalue weighted by Gasteiger charge is -2.18. The van der Waals surface area contributed by atoms with Crippen molar-refractivity contribution in [1.29, 1.82) is 0 Å². The van der Waals surface area contributed by atoms with Crippen molar-refractivity contribution in [1.82, 2.24) is 4.90 Å². The number of carbonyl (C=O) groups excluding carboxylic acids is 3. The van der Waals surface area contributed by atoms with E-state index < -0.39 is 11.8 Å². The summed E-state index contributed by atoms with van der Waals surface area (Å²) in [6.07, 6.45) is 0.515. The summed E-state index contributed by atoms with van der Waals surface area (Å²) in [5, 5.41) is 2.80. The molecule has 0 saturated carbocycles. The molecule has 0 aliphatic carbocycles. The number of carbonyl (C=O) groups is 3. The van der Waals surface area contributed by atoms with Crippen LogP contribution in [0.4, 0.5) is 11.4 Å². The minimum absolute atomic E-state index is 0.233. The third kappa shape index (κ3) is 5.88. The third-order valence-electron chi connectivity index (χ3n) is 7.06. The number of amides is 3. The number of hydrogen-bond donors (Lipinski definition) is 1. The predicted octanol–water partition coefficient (Wildman–Crippen LogP) is 4.52. The van der Waals surface area contributed by atoms with E-state index in [2.05, 4.69) is 5.32 Å². The fourth-order valence-corrected chi connectivity index (χ4v) is 6.29. The number of para-hydroxylation sites is 1. The molecule has 2 heterocycles. The molecule has 1 N–H and O–H groups in total. The molecule has 3 amide bonds. The highest BCUT2D eigenvalue weighted by Crippen LogP contribution is 2.44. The molecule has 2 aliphatic rings. The highest BCUT2D eigenvalue weighted by atomic mass is 32.2. The van der Waals surface area contributed by atoms with Gasteiger partial charge in [0.1, 0.15) is 22.4 Å². The summed E-state index contributed by atoms with van der Waals surface area (Å²) in [5.41, 5.74) is 2.71. The summed E-state index contributed by atoms with van der Waals surface area (Å²) in [6.45, 7) is 0.0523. The van der Waals surface area contributed by atoms with Crippen LogP contribution < -0.4 is 29.2 Å². The Morgan fingerprint density at radius 1 is 0.837 bits per heavy atom. The number of rotatable bonds is 10. The SMILES string of the molecule is COc1ccc(NC(=O)CN2C(=O)/C(=C3\SC(=S)N(CCc4ccc(OC)c(OC)c4)C3=O)c3ccccc32)c(OC)c1. The highest BCUT2D eigenvalue weighted by Gasteiger charge is 2.42. The second-order valence-corrected chi connectivity index (χ2v) is 11.1. The number of methoxy groups -OCH3 is 4. The number of anilines is 2. The van der Waals surface area contributed by atoms with Crippen LogP contribution in [0.1, 0.15) is 11.1 Å². The van der Waals surface area contributed by atoms with Crippen LogP contribution >= 0.6 is 24.0 Å². The maximum absolute atomic E-state index is 13.8. The Balaban J connectivity index is 1.36. The second kappa shape index (κ2) is 12.8. The van der Waals surface area contributed by atoms with Crippen molar-refractivity contribution in [3.05, 3.63) is 76.7 Å². The number of thiocarbonyl (C=S) groups is 1. The molecule has 10 nitrogen and oxygen atoms in total. The highest BCUT2D eigenvalue weighted by molar-refractivity contribution is 8.26.